The molecule has 383 valence electrons. The van der Waals surface area contributed by atoms with Crippen LogP contribution in [0.5, 0.6) is 0 Å². The van der Waals surface area contributed by atoms with E-state index in [1.54, 1.807) is 0 Å². The molecule has 77 heavy (non-hydrogen) atoms. The second kappa shape index (κ2) is 19.4. The Hall–Kier alpha value is -11.1. The van der Waals surface area contributed by atoms with Crippen molar-refractivity contribution in [1.82, 2.24) is 19.9 Å². The zero-order chi connectivity index (χ0) is 54.9. The fourth-order valence-electron chi connectivity index (χ4n) is 8.76. The van der Waals surface area contributed by atoms with E-state index in [1.165, 1.54) is 96.0 Å². The molecule has 0 spiro atoms. The molecule has 0 atom stereocenters. The molecule has 0 aromatic carbocycles. The van der Waals surface area contributed by atoms with Crippen LogP contribution in [0.4, 0.5) is 22.7 Å². The second-order valence-corrected chi connectivity index (χ2v) is 16.6. The molecule has 2 aliphatic heterocycles. The molecule has 7 aromatic heterocycles. The first-order valence-electron chi connectivity index (χ1n) is 21.3. The first kappa shape index (κ1) is 52.2. The molecule has 1 radical (unpaired) electrons. The van der Waals surface area contributed by atoms with E-state index in [9.17, 15) is 80.9 Å². The van der Waals surface area contributed by atoms with E-state index < -0.39 is 152 Å². The van der Waals surface area contributed by atoms with Gasteiger partial charge in [-0.1, -0.05) is 0 Å². The van der Waals surface area contributed by atoms with Gasteiger partial charge in [-0.05, 0) is 44.3 Å². The van der Waals surface area contributed by atoms with Gasteiger partial charge in [0.05, 0.1) is 39.4 Å². The Bertz CT molecular complexity index is 3590. The van der Waals surface area contributed by atoms with Gasteiger partial charge in [-0.15, -0.1) is 0 Å². The summed E-state index contributed by atoms with van der Waals surface area (Å²) in [7, 11) is 5.98. The molecule has 8 bridgehead atoms. The molecule has 9 heterocycles. The van der Waals surface area contributed by atoms with E-state index in [2.05, 4.69) is 19.9 Å². The van der Waals surface area contributed by atoms with Crippen LogP contribution in [0.3, 0.4) is 0 Å². The standard InChI is InChI=1S/C44H28N16O16.Mn/c1-49-13-5-21(6-14-49)25-29-37(53(61)62)39(55(65)66)31(45-29)26(22-7-15-50(2)16-8-22)33-41(57(69)70)43(59(73)74)35(47-33)28(24-11-19-52(4)20-12-24)36-44(60(75)76)42(58(71)72)34(48-36)27(23-9-17-51(3)18-10-23)32-40(56(67)68)38(54(63)64)30(25)46-32;/h5-20H,1-4H3;/q2*+2. The van der Waals surface area contributed by atoms with Gasteiger partial charge in [0.15, 0.2) is 72.4 Å². The summed E-state index contributed by atoms with van der Waals surface area (Å²) in [6, 6.07) is 9.26. The Morgan fingerprint density at radius 2 is 0.494 bits per heavy atom. The quantitative estimate of drug-likeness (QED) is 0.0723. The molecular weight excluding hydrogens is 1060 g/mol. The third-order valence-electron chi connectivity index (χ3n) is 12.0. The normalized spacial score (nSPS) is 12.0. The summed E-state index contributed by atoms with van der Waals surface area (Å²) in [6.07, 6.45) is 10.3. The Balaban J connectivity index is 0.00000784. The fraction of sp³-hybridized carbons (Fsp3) is 0.0909. The molecule has 0 N–H and O–H groups in total. The van der Waals surface area contributed by atoms with Crippen LogP contribution in [0.1, 0.15) is 22.8 Å². The number of nitrogens with zero attached hydrogens (tertiary/aromatic N) is 16. The van der Waals surface area contributed by atoms with Gasteiger partial charge in [-0.2, -0.15) is 0 Å². The van der Waals surface area contributed by atoms with Crippen molar-refractivity contribution in [3.05, 3.63) is 202 Å². The molecular formula is C44H28MnN16O16+4. The van der Waals surface area contributed by atoms with Crippen LogP contribution in [-0.4, -0.2) is 49.4 Å². The summed E-state index contributed by atoms with van der Waals surface area (Å²) in [5.41, 5.74) is -27.1. The number of aryl methyl sites for hydroxylation is 4. The summed E-state index contributed by atoms with van der Waals surface area (Å²) >= 11 is 0. The van der Waals surface area contributed by atoms with Crippen LogP contribution in [0.2, 0.25) is 0 Å². The summed E-state index contributed by atoms with van der Waals surface area (Å²) in [5, 5.41) is 109. The van der Waals surface area contributed by atoms with Gasteiger partial charge in [-0.3, -0.25) is 80.9 Å². The Morgan fingerprint density at radius 1 is 0.325 bits per heavy atom. The van der Waals surface area contributed by atoms with Gasteiger partial charge >= 0.3 is 62.6 Å². The van der Waals surface area contributed by atoms with Gasteiger partial charge in [-0.25, -0.2) is 28.2 Å². The van der Waals surface area contributed by atoms with Crippen molar-refractivity contribution in [2.45, 2.75) is 0 Å². The molecule has 0 saturated carbocycles. The van der Waals surface area contributed by atoms with E-state index in [4.69, 9.17) is 0 Å². The van der Waals surface area contributed by atoms with E-state index in [0.717, 1.165) is 48.5 Å². The largest absolute Gasteiger partial charge is 2.00 e. The minimum Gasteiger partial charge on any atom is -0.645 e. The summed E-state index contributed by atoms with van der Waals surface area (Å²) in [6.45, 7) is 0. The average Bonchev–Trinajstić information content (AvgIpc) is 4.27. The summed E-state index contributed by atoms with van der Waals surface area (Å²) in [5.74, 6) is 0. The third-order valence-corrected chi connectivity index (χ3v) is 12.0. The molecule has 0 unspecified atom stereocenters. The van der Waals surface area contributed by atoms with E-state index >= 15 is 0 Å². The molecule has 9 rings (SSSR count). The zero-order valence-corrected chi connectivity index (χ0v) is 40.5. The van der Waals surface area contributed by atoms with Crippen LogP contribution in [-0.2, 0) is 45.3 Å². The second-order valence-electron chi connectivity index (χ2n) is 16.6. The topological polar surface area (TPSA) is 415 Å². The number of hydrogen-bond donors (Lipinski definition) is 0. The summed E-state index contributed by atoms with van der Waals surface area (Å²) < 4.78 is 5.61. The molecule has 32 nitrogen and oxygen atoms in total. The smallest absolute Gasteiger partial charge is 0.645 e. The van der Waals surface area contributed by atoms with Gasteiger partial charge < -0.3 is 9.97 Å². The Labute approximate surface area is 435 Å². The van der Waals surface area contributed by atoms with Gasteiger partial charge in [0, 0.05) is 70.8 Å². The van der Waals surface area contributed by atoms with E-state index in [1.807, 2.05) is 0 Å². The number of pyridine rings is 4. The van der Waals surface area contributed by atoms with E-state index in [-0.39, 0.29) is 39.3 Å². The van der Waals surface area contributed by atoms with Crippen LogP contribution < -0.4 is 28.2 Å². The molecule has 0 aliphatic carbocycles. The zero-order valence-electron chi connectivity index (χ0n) is 39.3. The number of fused-ring (bicyclic) bond motifs is 8. The van der Waals surface area contributed by atoms with Crippen molar-refractivity contribution in [2.75, 3.05) is 0 Å². The third kappa shape index (κ3) is 8.60. The molecule has 0 fully saturated rings. The van der Waals surface area contributed by atoms with Crippen molar-refractivity contribution < 1.29 is 74.7 Å². The van der Waals surface area contributed by atoms with Crippen molar-refractivity contribution in [2.24, 2.45) is 28.2 Å². The molecule has 0 amide bonds. The fourth-order valence-corrected chi connectivity index (χ4v) is 8.76. The number of rotatable bonds is 12. The maximum atomic E-state index is 13.6. The number of nitro groups is 8. The van der Waals surface area contributed by atoms with E-state index in [0.29, 0.717) is 0 Å². The first-order chi connectivity index (χ1) is 36.0. The molecule has 33 heteroatoms. The van der Waals surface area contributed by atoms with Gasteiger partial charge in [0.1, 0.15) is 28.2 Å². The van der Waals surface area contributed by atoms with Gasteiger partial charge in [0.2, 0.25) is 0 Å². The Kier molecular flexibility index (Phi) is 13.2. The number of aromatic nitrogens is 8. The maximum absolute atomic E-state index is 13.6. The van der Waals surface area contributed by atoms with Crippen molar-refractivity contribution in [3.63, 3.8) is 0 Å². The van der Waals surface area contributed by atoms with Crippen molar-refractivity contribution in [3.8, 4) is 44.5 Å². The van der Waals surface area contributed by atoms with Crippen LogP contribution >= 0.6 is 0 Å². The van der Waals surface area contributed by atoms with Gasteiger partial charge in [0.25, 0.3) is 0 Å². The molecule has 0 saturated heterocycles. The van der Waals surface area contributed by atoms with Crippen molar-refractivity contribution >= 4 is 67.6 Å². The van der Waals surface area contributed by atoms with Crippen molar-refractivity contribution in [1.29, 1.82) is 0 Å². The molecule has 2 aliphatic rings. The first-order valence-corrected chi connectivity index (χ1v) is 21.3. The van der Waals surface area contributed by atoms with Crippen LogP contribution in [0.25, 0.3) is 89.4 Å². The molecule has 7 aromatic rings. The predicted molar refractivity (Wildman–Crippen MR) is 254 cm³/mol. The van der Waals surface area contributed by atoms with Crippen LogP contribution in [0.15, 0.2) is 98.1 Å². The number of hydrogen-bond acceptors (Lipinski definition) is 18. The SMILES string of the molecule is C[n+]1ccc(-c2c3nc(c(-c4cc[n+](C)cc4)c4[n-]c(c(-c5cc[n+](C)cc5)c5nc(c(-c6cc[n+](C)cc6)c6[n-]c2c([N+](=O)[O-])c6[N+](=O)[O-])C([N+](=O)[O-])=C5[N+](=O)[O-])c([N+](=O)[O-])c4[N+](=O)[O-])C([N+](=O)[O-])=C3[N+](=O)[O-])cc1.[Mn+2]. The minimum atomic E-state index is -1.57. The monoisotopic (exact) mass is 1090 g/mol. The average molecular weight is 1090 g/mol. The van der Waals surface area contributed by atoms with Crippen LogP contribution in [0, 0.1) is 80.9 Å². The Morgan fingerprint density at radius 3 is 0.636 bits per heavy atom. The summed E-state index contributed by atoms with van der Waals surface area (Å²) in [4.78, 5) is 115. The minimum absolute atomic E-state index is 0. The maximum Gasteiger partial charge on any atom is 2.00 e. The predicted octanol–water partition coefficient (Wildman–Crippen LogP) is 3.93.